The van der Waals surface area contributed by atoms with Crippen molar-refractivity contribution in [2.45, 2.75) is 19.4 Å². The van der Waals surface area contributed by atoms with E-state index in [1.807, 2.05) is 4.90 Å². The number of amides is 1. The highest BCUT2D eigenvalue weighted by Crippen LogP contribution is 2.35. The zero-order valence-electron chi connectivity index (χ0n) is 10.7. The lowest BCUT2D eigenvalue weighted by atomic mass is 9.93. The predicted molar refractivity (Wildman–Crippen MR) is 75.8 cm³/mol. The van der Waals surface area contributed by atoms with Gasteiger partial charge in [-0.25, -0.2) is 0 Å². The fourth-order valence-corrected chi connectivity index (χ4v) is 3.77. The summed E-state index contributed by atoms with van der Waals surface area (Å²) in [5, 5.41) is 4.15. The van der Waals surface area contributed by atoms with Gasteiger partial charge in [0.05, 0.1) is 5.02 Å². The molecule has 0 spiro atoms. The Bertz CT molecular complexity index is 483. The van der Waals surface area contributed by atoms with Gasteiger partial charge in [-0.1, -0.05) is 30.1 Å². The van der Waals surface area contributed by atoms with Gasteiger partial charge in [-0.3, -0.25) is 4.79 Å². The summed E-state index contributed by atoms with van der Waals surface area (Å²) in [4.78, 5) is 17.4. The average Bonchev–Trinajstić information content (AvgIpc) is 3.03. The van der Waals surface area contributed by atoms with E-state index >= 15 is 0 Å². The molecule has 2 saturated heterocycles. The Morgan fingerprint density at radius 1 is 1.47 bits per heavy atom. The third kappa shape index (κ3) is 2.16. The quantitative estimate of drug-likeness (QED) is 0.881. The van der Waals surface area contributed by atoms with Crippen molar-refractivity contribution in [3.05, 3.63) is 21.9 Å². The van der Waals surface area contributed by atoms with Crippen molar-refractivity contribution >= 4 is 29.1 Å². The molecule has 3 atom stereocenters. The number of hydrogen-bond acceptors (Lipinski definition) is 2. The Hall–Kier alpha value is -0.710. The smallest absolute Gasteiger partial charge is 0.270 e. The van der Waals surface area contributed by atoms with Gasteiger partial charge in [-0.15, -0.1) is 0 Å². The Morgan fingerprint density at radius 2 is 2.26 bits per heavy atom. The molecular weight excluding hydrogens is 285 g/mol. The van der Waals surface area contributed by atoms with E-state index in [0.29, 0.717) is 33.7 Å². The van der Waals surface area contributed by atoms with E-state index < -0.39 is 0 Å². The van der Waals surface area contributed by atoms with Crippen LogP contribution in [0.3, 0.4) is 0 Å². The van der Waals surface area contributed by atoms with Crippen molar-refractivity contribution in [1.29, 1.82) is 0 Å². The maximum absolute atomic E-state index is 12.6. The molecule has 4 nitrogen and oxygen atoms in total. The van der Waals surface area contributed by atoms with Crippen LogP contribution in [0.15, 0.2) is 6.07 Å². The molecule has 2 aliphatic rings. The Morgan fingerprint density at radius 3 is 2.89 bits per heavy atom. The van der Waals surface area contributed by atoms with Crippen LogP contribution >= 0.6 is 23.2 Å². The average molecular weight is 302 g/mol. The summed E-state index contributed by atoms with van der Waals surface area (Å²) in [7, 11) is 0. The molecule has 1 aromatic heterocycles. The molecular formula is C13H17Cl2N3O. The van der Waals surface area contributed by atoms with Gasteiger partial charge in [-0.05, 0) is 24.3 Å². The van der Waals surface area contributed by atoms with E-state index in [4.69, 9.17) is 23.2 Å². The topological polar surface area (TPSA) is 48.1 Å². The lowest BCUT2D eigenvalue weighted by Crippen LogP contribution is -2.39. The fourth-order valence-electron chi connectivity index (χ4n) is 3.45. The third-order valence-corrected chi connectivity index (χ3v) is 5.05. The minimum Gasteiger partial charge on any atom is -0.340 e. The second kappa shape index (κ2) is 5.00. The fraction of sp³-hybridized carbons (Fsp3) is 0.615. The molecule has 104 valence electrons. The summed E-state index contributed by atoms with van der Waals surface area (Å²) in [6.45, 7) is 4.99. The first-order chi connectivity index (χ1) is 9.11. The van der Waals surface area contributed by atoms with Crippen LogP contribution in [-0.2, 0) is 0 Å². The molecule has 2 fully saturated rings. The number of halogens is 2. The van der Waals surface area contributed by atoms with E-state index in [2.05, 4.69) is 17.2 Å². The summed E-state index contributed by atoms with van der Waals surface area (Å²) in [5.41, 5.74) is 0.487. The number of nitrogens with one attached hydrogen (secondary N) is 2. The Balaban J connectivity index is 1.83. The van der Waals surface area contributed by atoms with Gasteiger partial charge in [0.15, 0.2) is 0 Å². The van der Waals surface area contributed by atoms with Gasteiger partial charge < -0.3 is 15.2 Å². The molecule has 3 unspecified atom stereocenters. The Kier molecular flexibility index (Phi) is 3.50. The zero-order valence-corrected chi connectivity index (χ0v) is 12.3. The summed E-state index contributed by atoms with van der Waals surface area (Å²) in [6.07, 6.45) is 0.983. The number of rotatable bonds is 2. The molecule has 1 amide bonds. The normalized spacial score (nSPS) is 29.8. The molecule has 2 aliphatic heterocycles. The van der Waals surface area contributed by atoms with Crippen LogP contribution in [0.25, 0.3) is 0 Å². The lowest BCUT2D eigenvalue weighted by molar-refractivity contribution is 0.0706. The first kappa shape index (κ1) is 13.3. The van der Waals surface area contributed by atoms with E-state index in [1.165, 1.54) is 0 Å². The largest absolute Gasteiger partial charge is 0.340 e. The number of carbonyl (C=O) groups excluding carboxylic acids is 1. The molecule has 2 N–H and O–H groups in total. The van der Waals surface area contributed by atoms with Crippen LogP contribution in [0.2, 0.25) is 10.2 Å². The van der Waals surface area contributed by atoms with Crippen LogP contribution in [0, 0.1) is 11.8 Å². The predicted octanol–water partition coefficient (Wildman–Crippen LogP) is 2.39. The number of aromatic nitrogens is 1. The first-order valence-electron chi connectivity index (χ1n) is 6.67. The van der Waals surface area contributed by atoms with Crippen LogP contribution in [-0.4, -0.2) is 41.5 Å². The van der Waals surface area contributed by atoms with Crippen molar-refractivity contribution in [3.8, 4) is 0 Å². The van der Waals surface area contributed by atoms with Crippen molar-refractivity contribution < 1.29 is 4.79 Å². The Labute approximate surface area is 122 Å². The second-order valence-electron chi connectivity index (χ2n) is 5.36. The maximum Gasteiger partial charge on any atom is 0.270 e. The maximum atomic E-state index is 12.6. The zero-order chi connectivity index (χ0) is 13.6. The van der Waals surface area contributed by atoms with Gasteiger partial charge in [-0.2, -0.15) is 0 Å². The number of nitrogens with zero attached hydrogens (tertiary/aromatic N) is 1. The van der Waals surface area contributed by atoms with E-state index in [1.54, 1.807) is 6.07 Å². The lowest BCUT2D eigenvalue weighted by Gasteiger charge is -2.26. The number of fused-ring (bicyclic) bond motifs is 1. The van der Waals surface area contributed by atoms with Gasteiger partial charge in [0, 0.05) is 25.7 Å². The van der Waals surface area contributed by atoms with Crippen LogP contribution in [0.4, 0.5) is 0 Å². The number of H-pyrrole nitrogens is 1. The highest BCUT2D eigenvalue weighted by atomic mass is 35.5. The van der Waals surface area contributed by atoms with Crippen LogP contribution < -0.4 is 5.32 Å². The van der Waals surface area contributed by atoms with Crippen LogP contribution in [0.1, 0.15) is 23.8 Å². The van der Waals surface area contributed by atoms with Crippen molar-refractivity contribution in [3.63, 3.8) is 0 Å². The van der Waals surface area contributed by atoms with Gasteiger partial charge in [0.1, 0.15) is 10.8 Å². The van der Waals surface area contributed by atoms with Crippen molar-refractivity contribution in [2.24, 2.45) is 11.8 Å². The van der Waals surface area contributed by atoms with Gasteiger partial charge in [0.2, 0.25) is 0 Å². The molecule has 6 heteroatoms. The summed E-state index contributed by atoms with van der Waals surface area (Å²) in [5.74, 6) is 1.17. The second-order valence-corrected chi connectivity index (χ2v) is 6.15. The molecule has 3 heterocycles. The standard InChI is InChI=1S/C13H17Cl2N3O/c1-2-11-8-5-16-4-7(8)6-18(11)13(19)10-3-9(14)12(15)17-10/h3,7-8,11,16-17H,2,4-6H2,1H3. The van der Waals surface area contributed by atoms with Gasteiger partial charge >= 0.3 is 0 Å². The minimum absolute atomic E-state index is 0.00931. The first-order valence-corrected chi connectivity index (χ1v) is 7.43. The number of hydrogen-bond donors (Lipinski definition) is 2. The summed E-state index contributed by atoms with van der Waals surface area (Å²) >= 11 is 11.8. The molecule has 1 aromatic rings. The SMILES string of the molecule is CCC1C2CNCC2CN1C(=O)c1cc(Cl)c(Cl)[nH]1. The highest BCUT2D eigenvalue weighted by Gasteiger charge is 2.45. The van der Waals surface area contributed by atoms with E-state index in [9.17, 15) is 4.79 Å². The molecule has 0 saturated carbocycles. The van der Waals surface area contributed by atoms with E-state index in [-0.39, 0.29) is 5.91 Å². The van der Waals surface area contributed by atoms with Crippen molar-refractivity contribution in [2.75, 3.05) is 19.6 Å². The molecule has 0 aromatic carbocycles. The summed E-state index contributed by atoms with van der Waals surface area (Å²) < 4.78 is 0. The molecule has 19 heavy (non-hydrogen) atoms. The number of aromatic amines is 1. The number of carbonyl (C=O) groups is 1. The van der Waals surface area contributed by atoms with Crippen molar-refractivity contribution in [1.82, 2.24) is 15.2 Å². The third-order valence-electron chi connectivity index (χ3n) is 4.35. The summed E-state index contributed by atoms with van der Waals surface area (Å²) in [6, 6.07) is 1.93. The molecule has 0 aliphatic carbocycles. The molecule has 0 radical (unpaired) electrons. The van der Waals surface area contributed by atoms with Crippen LogP contribution in [0.5, 0.6) is 0 Å². The molecule has 0 bridgehead atoms. The highest BCUT2D eigenvalue weighted by molar-refractivity contribution is 6.41. The number of likely N-dealkylation sites (tertiary alicyclic amines) is 1. The van der Waals surface area contributed by atoms with Gasteiger partial charge in [0.25, 0.3) is 5.91 Å². The molecule has 3 rings (SSSR count). The van der Waals surface area contributed by atoms with E-state index in [0.717, 1.165) is 26.1 Å². The monoisotopic (exact) mass is 301 g/mol. The minimum atomic E-state index is 0.00931.